The number of nitrogens with one attached hydrogen (secondary N) is 1. The molecule has 1 aliphatic heterocycles. The molecule has 6 heteroatoms. The topological polar surface area (TPSA) is 40.5 Å². The number of aromatic nitrogens is 1. The third-order valence-corrected chi connectivity index (χ3v) is 6.10. The van der Waals surface area contributed by atoms with Gasteiger partial charge in [0.2, 0.25) is 0 Å². The Labute approximate surface area is 152 Å². The Kier molecular flexibility index (Phi) is 5.46. The number of thiazole rings is 1. The molecule has 1 aromatic heterocycles. The number of benzene rings is 1. The molecule has 24 heavy (non-hydrogen) atoms. The molecule has 4 nitrogen and oxygen atoms in total. The van der Waals surface area contributed by atoms with E-state index in [1.54, 1.807) is 11.3 Å². The first kappa shape index (κ1) is 17.3. The average Bonchev–Trinajstić information content (AvgIpc) is 3.04. The molecule has 1 saturated heterocycles. The van der Waals surface area contributed by atoms with E-state index in [2.05, 4.69) is 46.6 Å². The highest BCUT2D eigenvalue weighted by atomic mass is 32.2. The molecule has 0 bridgehead atoms. The van der Waals surface area contributed by atoms with Crippen molar-refractivity contribution in [3.63, 3.8) is 0 Å². The molecule has 2 heterocycles. The molecule has 0 spiro atoms. The number of guanidine groups is 1. The van der Waals surface area contributed by atoms with Crippen LogP contribution in [0.4, 0.5) is 0 Å². The van der Waals surface area contributed by atoms with Crippen molar-refractivity contribution in [1.82, 2.24) is 15.2 Å². The van der Waals surface area contributed by atoms with Crippen molar-refractivity contribution in [1.29, 1.82) is 0 Å². The highest BCUT2D eigenvalue weighted by Gasteiger charge is 2.28. The van der Waals surface area contributed by atoms with Gasteiger partial charge in [-0.15, -0.1) is 11.3 Å². The van der Waals surface area contributed by atoms with Gasteiger partial charge >= 0.3 is 0 Å². The molecule has 0 aliphatic carbocycles. The van der Waals surface area contributed by atoms with Crippen LogP contribution in [0, 0.1) is 0 Å². The van der Waals surface area contributed by atoms with Gasteiger partial charge < -0.3 is 10.2 Å². The predicted octanol–water partition coefficient (Wildman–Crippen LogP) is 3.71. The van der Waals surface area contributed by atoms with Crippen LogP contribution in [-0.4, -0.2) is 46.5 Å². The van der Waals surface area contributed by atoms with Gasteiger partial charge in [-0.1, -0.05) is 30.3 Å². The third kappa shape index (κ3) is 4.30. The highest BCUT2D eigenvalue weighted by Crippen LogP contribution is 2.29. The van der Waals surface area contributed by atoms with Gasteiger partial charge in [0.15, 0.2) is 5.96 Å². The van der Waals surface area contributed by atoms with Crippen molar-refractivity contribution in [2.45, 2.75) is 25.1 Å². The number of rotatable bonds is 3. The standard InChI is InChI=1S/C18H24N4S2/c1-18(2)13-22(9-10-24-18)17(19-3)20-11-16-21-15(12-23-16)14-7-5-4-6-8-14/h4-8,12H,9-11,13H2,1-3H3,(H,19,20). The second-order valence-corrected chi connectivity index (χ2v) is 9.17. The molecular formula is C18H24N4S2. The summed E-state index contributed by atoms with van der Waals surface area (Å²) >= 11 is 3.72. The smallest absolute Gasteiger partial charge is 0.194 e. The molecule has 0 saturated carbocycles. The molecule has 1 aromatic carbocycles. The first-order valence-electron chi connectivity index (χ1n) is 8.17. The van der Waals surface area contributed by atoms with E-state index in [4.69, 9.17) is 4.98 Å². The minimum atomic E-state index is 0.275. The quantitative estimate of drug-likeness (QED) is 0.669. The normalized spacial score (nSPS) is 17.8. The summed E-state index contributed by atoms with van der Waals surface area (Å²) in [5.74, 6) is 2.11. The molecule has 128 valence electrons. The van der Waals surface area contributed by atoms with Crippen LogP contribution >= 0.6 is 23.1 Å². The number of aliphatic imine (C=N–C) groups is 1. The molecule has 0 radical (unpaired) electrons. The Bertz CT molecular complexity index is 694. The van der Waals surface area contributed by atoms with Crippen LogP contribution in [0.15, 0.2) is 40.7 Å². The van der Waals surface area contributed by atoms with Crippen LogP contribution in [0.3, 0.4) is 0 Å². The molecule has 1 N–H and O–H groups in total. The summed E-state index contributed by atoms with van der Waals surface area (Å²) in [5, 5.41) is 6.68. The maximum atomic E-state index is 4.74. The van der Waals surface area contributed by atoms with Crippen LogP contribution in [0.5, 0.6) is 0 Å². The Morgan fingerprint density at radius 1 is 1.33 bits per heavy atom. The van der Waals surface area contributed by atoms with Gasteiger partial charge in [-0.2, -0.15) is 11.8 Å². The fourth-order valence-electron chi connectivity index (χ4n) is 2.82. The van der Waals surface area contributed by atoms with Crippen molar-refractivity contribution in [3.8, 4) is 11.3 Å². The second kappa shape index (κ2) is 7.57. The lowest BCUT2D eigenvalue weighted by atomic mass is 10.2. The van der Waals surface area contributed by atoms with Gasteiger partial charge in [0.05, 0.1) is 12.2 Å². The molecule has 3 rings (SSSR count). The Balaban J connectivity index is 1.61. The van der Waals surface area contributed by atoms with E-state index in [0.717, 1.165) is 35.5 Å². The van der Waals surface area contributed by atoms with Crippen molar-refractivity contribution in [3.05, 3.63) is 40.7 Å². The Morgan fingerprint density at radius 3 is 2.83 bits per heavy atom. The van der Waals surface area contributed by atoms with E-state index in [1.165, 1.54) is 5.56 Å². The lowest BCUT2D eigenvalue weighted by molar-refractivity contribution is 0.375. The van der Waals surface area contributed by atoms with Gasteiger partial charge in [0.25, 0.3) is 0 Å². The lowest BCUT2D eigenvalue weighted by Crippen LogP contribution is -2.50. The monoisotopic (exact) mass is 360 g/mol. The molecular weight excluding hydrogens is 336 g/mol. The van der Waals surface area contributed by atoms with Crippen LogP contribution in [-0.2, 0) is 6.54 Å². The van der Waals surface area contributed by atoms with Crippen molar-refractivity contribution in [2.24, 2.45) is 4.99 Å². The van der Waals surface area contributed by atoms with Gasteiger partial charge in [-0.3, -0.25) is 4.99 Å². The largest absolute Gasteiger partial charge is 0.350 e. The molecule has 2 aromatic rings. The zero-order valence-corrected chi connectivity index (χ0v) is 16.1. The summed E-state index contributed by atoms with van der Waals surface area (Å²) in [7, 11) is 1.86. The number of thioether (sulfide) groups is 1. The van der Waals surface area contributed by atoms with Gasteiger partial charge in [-0.25, -0.2) is 4.98 Å². The molecule has 1 fully saturated rings. The van der Waals surface area contributed by atoms with E-state index < -0.39 is 0 Å². The number of hydrogen-bond donors (Lipinski definition) is 1. The molecule has 1 aliphatic rings. The van der Waals surface area contributed by atoms with E-state index in [-0.39, 0.29) is 4.75 Å². The number of nitrogens with zero attached hydrogens (tertiary/aromatic N) is 3. The van der Waals surface area contributed by atoms with Gasteiger partial charge in [0, 0.05) is 41.6 Å². The summed E-state index contributed by atoms with van der Waals surface area (Å²) in [5.41, 5.74) is 2.21. The maximum Gasteiger partial charge on any atom is 0.194 e. The first-order valence-corrected chi connectivity index (χ1v) is 10.0. The minimum Gasteiger partial charge on any atom is -0.350 e. The van der Waals surface area contributed by atoms with E-state index in [0.29, 0.717) is 6.54 Å². The summed E-state index contributed by atoms with van der Waals surface area (Å²) in [6.45, 7) is 7.37. The van der Waals surface area contributed by atoms with Crippen molar-refractivity contribution in [2.75, 3.05) is 25.9 Å². The Morgan fingerprint density at radius 2 is 2.12 bits per heavy atom. The predicted molar refractivity (Wildman–Crippen MR) is 106 cm³/mol. The van der Waals surface area contributed by atoms with E-state index in [9.17, 15) is 0 Å². The van der Waals surface area contributed by atoms with Crippen LogP contribution in [0.1, 0.15) is 18.9 Å². The fourth-order valence-corrected chi connectivity index (χ4v) is 4.67. The summed E-state index contributed by atoms with van der Waals surface area (Å²) in [6.07, 6.45) is 0. The van der Waals surface area contributed by atoms with Gasteiger partial charge in [0.1, 0.15) is 5.01 Å². The van der Waals surface area contributed by atoms with Crippen molar-refractivity contribution >= 4 is 29.1 Å². The summed E-state index contributed by atoms with van der Waals surface area (Å²) in [6, 6.07) is 10.3. The summed E-state index contributed by atoms with van der Waals surface area (Å²) in [4.78, 5) is 11.5. The number of hydrogen-bond acceptors (Lipinski definition) is 4. The second-order valence-electron chi connectivity index (χ2n) is 6.42. The average molecular weight is 361 g/mol. The lowest BCUT2D eigenvalue weighted by Gasteiger charge is -2.39. The van der Waals surface area contributed by atoms with Crippen LogP contribution < -0.4 is 5.32 Å². The molecule has 0 unspecified atom stereocenters. The van der Waals surface area contributed by atoms with E-state index >= 15 is 0 Å². The molecule has 0 atom stereocenters. The maximum absolute atomic E-state index is 4.74. The van der Waals surface area contributed by atoms with Crippen molar-refractivity contribution < 1.29 is 0 Å². The SMILES string of the molecule is CN=C(NCc1nc(-c2ccccc2)cs1)N1CCSC(C)(C)C1. The zero-order chi connectivity index (χ0) is 17.0. The van der Waals surface area contributed by atoms with E-state index in [1.807, 2.05) is 37.0 Å². The van der Waals surface area contributed by atoms with Gasteiger partial charge in [-0.05, 0) is 13.8 Å². The van der Waals surface area contributed by atoms with Crippen LogP contribution in [0.2, 0.25) is 0 Å². The first-order chi connectivity index (χ1) is 11.6. The fraction of sp³-hybridized carbons (Fsp3) is 0.444. The van der Waals surface area contributed by atoms with Crippen LogP contribution in [0.25, 0.3) is 11.3 Å². The Hall–Kier alpha value is -1.53. The zero-order valence-electron chi connectivity index (χ0n) is 14.5. The minimum absolute atomic E-state index is 0.275. The summed E-state index contributed by atoms with van der Waals surface area (Å²) < 4.78 is 0.275. The third-order valence-electron chi connectivity index (χ3n) is 3.96. The highest BCUT2D eigenvalue weighted by molar-refractivity contribution is 8.00. The molecule has 0 amide bonds.